The summed E-state index contributed by atoms with van der Waals surface area (Å²) in [7, 11) is -3.41. The highest BCUT2D eigenvalue weighted by molar-refractivity contribution is 7.88. The van der Waals surface area contributed by atoms with Gasteiger partial charge in [0.1, 0.15) is 40.3 Å². The van der Waals surface area contributed by atoms with Crippen molar-refractivity contribution in [2.45, 2.75) is 19.0 Å². The number of sulfonamides is 1. The Kier molecular flexibility index (Phi) is 6.48. The van der Waals surface area contributed by atoms with Gasteiger partial charge in [-0.3, -0.25) is 4.79 Å². The van der Waals surface area contributed by atoms with Crippen LogP contribution in [0, 0.1) is 5.82 Å². The molecule has 2 fully saturated rings. The number of hydrogen-bond acceptors (Lipinski definition) is 8. The first-order valence-electron chi connectivity index (χ1n) is 11.7. The van der Waals surface area contributed by atoms with E-state index < -0.39 is 15.8 Å². The van der Waals surface area contributed by atoms with Crippen molar-refractivity contribution in [3.63, 3.8) is 0 Å². The molecule has 2 atom stereocenters. The first kappa shape index (κ1) is 25.0. The van der Waals surface area contributed by atoms with Crippen LogP contribution in [0.3, 0.4) is 0 Å². The summed E-state index contributed by atoms with van der Waals surface area (Å²) >= 11 is 6.71. The Morgan fingerprint density at radius 3 is 2.69 bits per heavy atom. The van der Waals surface area contributed by atoms with Crippen LogP contribution < -0.4 is 15.0 Å². The smallest absolute Gasteiger partial charge is 0.261 e. The first-order valence-corrected chi connectivity index (χ1v) is 13.9. The molecule has 4 heterocycles. The molecule has 1 aromatic carbocycles. The molecule has 2 saturated heterocycles. The van der Waals surface area contributed by atoms with Gasteiger partial charge >= 0.3 is 0 Å². The second kappa shape index (κ2) is 9.33. The molecule has 0 aliphatic carbocycles. The summed E-state index contributed by atoms with van der Waals surface area (Å²) in [6.07, 6.45) is 1.16. The molecule has 0 radical (unpaired) electrons. The van der Waals surface area contributed by atoms with Gasteiger partial charge in [0.2, 0.25) is 10.0 Å². The van der Waals surface area contributed by atoms with Crippen molar-refractivity contribution in [3.8, 4) is 22.8 Å². The van der Waals surface area contributed by atoms with E-state index in [-0.39, 0.29) is 83.4 Å². The molecule has 194 valence electrons. The number of anilines is 1. The largest absolute Gasteiger partial charge is 0.507 e. The molecule has 2 N–H and O–H groups in total. The molecule has 0 spiro atoms. The highest BCUT2D eigenvalue weighted by Gasteiger charge is 2.40. The first-order chi connectivity index (χ1) is 17.1. The van der Waals surface area contributed by atoms with Gasteiger partial charge in [-0.05, 0) is 19.1 Å². The van der Waals surface area contributed by atoms with Crippen LogP contribution in [0.15, 0.2) is 18.2 Å². The Labute approximate surface area is 213 Å². The van der Waals surface area contributed by atoms with Crippen LogP contribution in [0.2, 0.25) is 5.02 Å². The van der Waals surface area contributed by atoms with Gasteiger partial charge in [0.25, 0.3) is 5.91 Å². The van der Waals surface area contributed by atoms with E-state index in [1.165, 1.54) is 22.5 Å². The zero-order valence-electron chi connectivity index (χ0n) is 19.9. The molecule has 3 aliphatic heterocycles. The monoisotopic (exact) mass is 539 g/mol. The van der Waals surface area contributed by atoms with E-state index in [0.29, 0.717) is 19.6 Å². The summed E-state index contributed by atoms with van der Waals surface area (Å²) in [4.78, 5) is 22.1. The number of carbonyl (C=O) groups is 1. The molecule has 10 nitrogen and oxygen atoms in total. The summed E-state index contributed by atoms with van der Waals surface area (Å²) in [6, 6.07) is 3.29. The Balaban J connectivity index is 1.70. The number of piperazine rings is 2. The van der Waals surface area contributed by atoms with E-state index >= 15 is 0 Å². The summed E-state index contributed by atoms with van der Waals surface area (Å²) in [5.74, 6) is -1.09. The Morgan fingerprint density at radius 2 is 2.00 bits per heavy atom. The molecule has 0 saturated carbocycles. The molecule has 0 bridgehead atoms. The minimum Gasteiger partial charge on any atom is -0.507 e. The van der Waals surface area contributed by atoms with Gasteiger partial charge < -0.3 is 25.0 Å². The number of fused-ring (bicyclic) bond motifs is 2. The van der Waals surface area contributed by atoms with Crippen molar-refractivity contribution in [2.24, 2.45) is 0 Å². The number of rotatable bonds is 3. The van der Waals surface area contributed by atoms with Crippen molar-refractivity contribution >= 4 is 33.3 Å². The number of amides is 1. The standard InChI is InChI=1S/C23H27ClFN5O5S/c1-13-11-28(36(2,33)34)8-9-29(13)22-18-21(35-12-14-10-26-6-7-30(14)23(18)32)19(24)20(27-22)17-15(25)4-3-5-16(17)31/h3-5,13-14,26,31H,6-12H2,1-2H3/t13-,14+/m0/s1. The fraction of sp³-hybridized carbons (Fsp3) is 0.478. The van der Waals surface area contributed by atoms with E-state index in [0.717, 1.165) is 6.26 Å². The van der Waals surface area contributed by atoms with Gasteiger partial charge in [-0.15, -0.1) is 0 Å². The summed E-state index contributed by atoms with van der Waals surface area (Å²) < 4.78 is 46.7. The lowest BCUT2D eigenvalue weighted by atomic mass is 10.0. The number of carbonyl (C=O) groups excluding carboxylic acids is 1. The van der Waals surface area contributed by atoms with Crippen LogP contribution in [-0.4, -0.2) is 97.8 Å². The minimum atomic E-state index is -3.41. The second-order valence-corrected chi connectivity index (χ2v) is 11.6. The third-order valence-corrected chi connectivity index (χ3v) is 8.50. The number of nitrogens with zero attached hydrogens (tertiary/aromatic N) is 4. The van der Waals surface area contributed by atoms with Crippen molar-refractivity contribution < 1.29 is 27.4 Å². The number of nitrogens with one attached hydrogen (secondary N) is 1. The van der Waals surface area contributed by atoms with Crippen LogP contribution in [0.25, 0.3) is 11.3 Å². The van der Waals surface area contributed by atoms with Crippen LogP contribution >= 0.6 is 11.6 Å². The third kappa shape index (κ3) is 4.25. The lowest BCUT2D eigenvalue weighted by molar-refractivity contribution is 0.0606. The number of phenolic OH excluding ortho intramolecular Hbond substituents is 1. The normalized spacial score (nSPS) is 23.1. The lowest BCUT2D eigenvalue weighted by Gasteiger charge is -2.40. The molecule has 5 rings (SSSR count). The zero-order valence-corrected chi connectivity index (χ0v) is 21.4. The number of aromatic hydroxyl groups is 1. The number of pyridine rings is 1. The van der Waals surface area contributed by atoms with Crippen LogP contribution in [-0.2, 0) is 10.0 Å². The molecule has 3 aliphatic rings. The highest BCUT2D eigenvalue weighted by atomic mass is 35.5. The lowest BCUT2D eigenvalue weighted by Crippen LogP contribution is -2.56. The van der Waals surface area contributed by atoms with Gasteiger partial charge in [-0.25, -0.2) is 17.8 Å². The maximum atomic E-state index is 14.9. The van der Waals surface area contributed by atoms with Gasteiger partial charge in [-0.1, -0.05) is 17.7 Å². The number of benzene rings is 1. The van der Waals surface area contributed by atoms with Crippen molar-refractivity contribution in [1.29, 1.82) is 0 Å². The van der Waals surface area contributed by atoms with Crippen molar-refractivity contribution in [2.75, 3.05) is 57.0 Å². The van der Waals surface area contributed by atoms with E-state index in [4.69, 9.17) is 16.3 Å². The van der Waals surface area contributed by atoms with E-state index in [9.17, 15) is 22.7 Å². The Morgan fingerprint density at radius 1 is 1.22 bits per heavy atom. The predicted octanol–water partition coefficient (Wildman–Crippen LogP) is 1.52. The maximum absolute atomic E-state index is 14.9. The molecule has 13 heteroatoms. The Bertz CT molecular complexity index is 1310. The zero-order chi connectivity index (χ0) is 25.8. The topological polar surface area (TPSA) is 115 Å². The summed E-state index contributed by atoms with van der Waals surface area (Å²) in [5, 5.41) is 13.7. The predicted molar refractivity (Wildman–Crippen MR) is 133 cm³/mol. The van der Waals surface area contributed by atoms with Gasteiger partial charge in [0.05, 0.1) is 17.9 Å². The Hall–Kier alpha value is -2.67. The van der Waals surface area contributed by atoms with E-state index in [1.54, 1.807) is 4.90 Å². The van der Waals surface area contributed by atoms with Crippen molar-refractivity contribution in [3.05, 3.63) is 34.6 Å². The number of hydrogen-bond donors (Lipinski definition) is 2. The molecule has 1 aromatic heterocycles. The molecular weight excluding hydrogens is 513 g/mol. The van der Waals surface area contributed by atoms with Crippen molar-refractivity contribution in [1.82, 2.24) is 19.5 Å². The number of ether oxygens (including phenoxy) is 1. The van der Waals surface area contributed by atoms with Gasteiger partial charge in [0, 0.05) is 45.3 Å². The van der Waals surface area contributed by atoms with E-state index in [2.05, 4.69) is 10.3 Å². The molecule has 36 heavy (non-hydrogen) atoms. The number of halogens is 2. The summed E-state index contributed by atoms with van der Waals surface area (Å²) in [5.41, 5.74) is -0.0955. The average Bonchev–Trinajstić information content (AvgIpc) is 2.97. The molecule has 0 unspecified atom stereocenters. The fourth-order valence-electron chi connectivity index (χ4n) is 5.02. The van der Waals surface area contributed by atoms with Crippen LogP contribution in [0.5, 0.6) is 11.5 Å². The van der Waals surface area contributed by atoms with Crippen LogP contribution in [0.4, 0.5) is 10.2 Å². The highest BCUT2D eigenvalue weighted by Crippen LogP contribution is 2.46. The van der Waals surface area contributed by atoms with Gasteiger partial charge in [-0.2, -0.15) is 4.31 Å². The molecule has 1 amide bonds. The number of aromatic nitrogens is 1. The second-order valence-electron chi connectivity index (χ2n) is 9.27. The average molecular weight is 540 g/mol. The van der Waals surface area contributed by atoms with Gasteiger partial charge in [0.15, 0.2) is 5.75 Å². The number of phenols is 1. The SMILES string of the molecule is C[C@H]1CN(S(C)(=O)=O)CCN1c1nc(-c2c(O)cccc2F)c(Cl)c2c1C(=O)N1CCNC[C@@H]1CO2. The van der Waals surface area contributed by atoms with Crippen LogP contribution in [0.1, 0.15) is 17.3 Å². The minimum absolute atomic E-state index is 0.0513. The molecule has 2 aromatic rings. The summed E-state index contributed by atoms with van der Waals surface area (Å²) in [6.45, 7) is 4.26. The quantitative estimate of drug-likeness (QED) is 0.603. The third-order valence-electron chi connectivity index (χ3n) is 6.88. The molecular formula is C23H27ClFN5O5S. The maximum Gasteiger partial charge on any atom is 0.261 e. The van der Waals surface area contributed by atoms with E-state index in [1.807, 2.05) is 11.8 Å². The fourth-order valence-corrected chi connectivity index (χ4v) is 6.20.